The highest BCUT2D eigenvalue weighted by molar-refractivity contribution is 6.02. The summed E-state index contributed by atoms with van der Waals surface area (Å²) >= 11 is 0. The lowest BCUT2D eigenvalue weighted by atomic mass is 10.1. The Bertz CT molecular complexity index is 1400. The Morgan fingerprint density at radius 2 is 1.59 bits per heavy atom. The van der Waals surface area contributed by atoms with Gasteiger partial charge in [0.2, 0.25) is 17.7 Å². The summed E-state index contributed by atoms with van der Waals surface area (Å²) in [4.78, 5) is 44.5. The van der Waals surface area contributed by atoms with Gasteiger partial charge in [-0.25, -0.2) is 4.98 Å². The first-order valence-electron chi connectivity index (χ1n) is 14.1. The average Bonchev–Trinajstić information content (AvgIpc) is 3.71. The maximum Gasteiger partial charge on any atom is 0.260 e. The largest absolute Gasteiger partial charge is 0.477 e. The number of amides is 3. The van der Waals surface area contributed by atoms with E-state index in [1.165, 1.54) is 0 Å². The van der Waals surface area contributed by atoms with E-state index in [1.54, 1.807) is 23.2 Å². The molecular formula is C32H35N5O4. The average molecular weight is 554 g/mol. The van der Waals surface area contributed by atoms with E-state index in [0.29, 0.717) is 30.8 Å². The molecule has 2 aliphatic heterocycles. The fourth-order valence-corrected chi connectivity index (χ4v) is 5.15. The first kappa shape index (κ1) is 28.0. The molecule has 41 heavy (non-hydrogen) atoms. The molecule has 0 bridgehead atoms. The molecule has 0 saturated carbocycles. The van der Waals surface area contributed by atoms with Gasteiger partial charge in [-0.3, -0.25) is 14.4 Å². The Balaban J connectivity index is 1.16. The summed E-state index contributed by atoms with van der Waals surface area (Å²) in [5.41, 5.74) is 3.79. The molecule has 0 unspecified atom stereocenters. The first-order valence-corrected chi connectivity index (χ1v) is 14.1. The van der Waals surface area contributed by atoms with Crippen molar-refractivity contribution in [3.8, 4) is 5.88 Å². The van der Waals surface area contributed by atoms with Gasteiger partial charge in [-0.1, -0.05) is 36.4 Å². The van der Waals surface area contributed by atoms with Gasteiger partial charge in [-0.2, -0.15) is 0 Å². The Kier molecular flexibility index (Phi) is 9.05. The molecule has 3 heterocycles. The summed E-state index contributed by atoms with van der Waals surface area (Å²) in [5, 5.41) is 9.13. The van der Waals surface area contributed by atoms with Crippen LogP contribution < -0.4 is 20.7 Å². The van der Waals surface area contributed by atoms with E-state index >= 15 is 0 Å². The summed E-state index contributed by atoms with van der Waals surface area (Å²) < 4.78 is 5.52. The minimum atomic E-state index is -0.557. The van der Waals surface area contributed by atoms with Crippen LogP contribution in [-0.2, 0) is 9.59 Å². The first-order chi connectivity index (χ1) is 20.0. The van der Waals surface area contributed by atoms with Gasteiger partial charge in [0, 0.05) is 24.1 Å². The number of pyridine rings is 1. The molecule has 212 valence electrons. The van der Waals surface area contributed by atoms with Crippen LogP contribution in [0.5, 0.6) is 5.88 Å². The maximum atomic E-state index is 13.3. The van der Waals surface area contributed by atoms with Gasteiger partial charge in [-0.15, -0.1) is 0 Å². The van der Waals surface area contributed by atoms with Gasteiger partial charge in [0.15, 0.2) is 0 Å². The van der Waals surface area contributed by atoms with Gasteiger partial charge < -0.3 is 25.6 Å². The van der Waals surface area contributed by atoms with Crippen molar-refractivity contribution in [1.82, 2.24) is 15.2 Å². The summed E-state index contributed by atoms with van der Waals surface area (Å²) in [6.07, 6.45) is 8.82. The fourth-order valence-electron chi connectivity index (χ4n) is 5.15. The maximum absolute atomic E-state index is 13.3. The minimum absolute atomic E-state index is 0.00872. The quantitative estimate of drug-likeness (QED) is 0.334. The molecule has 3 amide bonds. The third-order valence-corrected chi connectivity index (χ3v) is 7.30. The highest BCUT2D eigenvalue weighted by Gasteiger charge is 2.35. The van der Waals surface area contributed by atoms with Crippen LogP contribution in [0.25, 0.3) is 12.2 Å². The molecule has 2 fully saturated rings. The molecule has 5 rings (SSSR count). The number of rotatable bonds is 9. The molecule has 2 aliphatic rings. The van der Waals surface area contributed by atoms with Crippen molar-refractivity contribution in [1.29, 1.82) is 0 Å². The lowest BCUT2D eigenvalue weighted by molar-refractivity contribution is -0.120. The Labute approximate surface area is 240 Å². The van der Waals surface area contributed by atoms with E-state index in [1.807, 2.05) is 67.6 Å². The van der Waals surface area contributed by atoms with E-state index in [0.717, 1.165) is 42.6 Å². The number of hydrogen-bond donors (Lipinski definition) is 3. The van der Waals surface area contributed by atoms with E-state index in [-0.39, 0.29) is 29.6 Å². The predicted molar refractivity (Wildman–Crippen MR) is 160 cm³/mol. The number of aromatic nitrogens is 1. The van der Waals surface area contributed by atoms with E-state index in [2.05, 4.69) is 20.9 Å². The lowest BCUT2D eigenvalue weighted by Crippen LogP contribution is -2.43. The number of hydrogen-bond acceptors (Lipinski definition) is 6. The van der Waals surface area contributed by atoms with Crippen molar-refractivity contribution in [2.24, 2.45) is 0 Å². The Morgan fingerprint density at radius 3 is 2.20 bits per heavy atom. The molecule has 9 nitrogen and oxygen atoms in total. The molecule has 2 atom stereocenters. The number of benzene rings is 2. The van der Waals surface area contributed by atoms with Crippen LogP contribution in [0.15, 0.2) is 66.9 Å². The van der Waals surface area contributed by atoms with Gasteiger partial charge in [0.25, 0.3) is 5.91 Å². The summed E-state index contributed by atoms with van der Waals surface area (Å²) in [5.74, 6) is -0.165. The van der Waals surface area contributed by atoms with Crippen LogP contribution in [0.1, 0.15) is 54.1 Å². The Hall–Kier alpha value is -4.50. The number of nitrogens with one attached hydrogen (secondary N) is 3. The van der Waals surface area contributed by atoms with Crippen LogP contribution in [0, 0.1) is 0 Å². The molecule has 3 aromatic rings. The van der Waals surface area contributed by atoms with Gasteiger partial charge in [0.1, 0.15) is 11.6 Å². The zero-order valence-corrected chi connectivity index (χ0v) is 23.1. The van der Waals surface area contributed by atoms with Crippen LogP contribution in [-0.4, -0.2) is 59.4 Å². The van der Waals surface area contributed by atoms with Crippen LogP contribution >= 0.6 is 0 Å². The third-order valence-electron chi connectivity index (χ3n) is 7.30. The van der Waals surface area contributed by atoms with Crippen molar-refractivity contribution >= 4 is 41.2 Å². The molecule has 2 aromatic carbocycles. The number of carbonyl (C=O) groups excluding carboxylic acids is 3. The predicted octanol–water partition coefficient (Wildman–Crippen LogP) is 4.58. The number of nitrogens with zero attached hydrogens (tertiary/aromatic N) is 2. The number of ether oxygens (including phenoxy) is 1. The summed E-state index contributed by atoms with van der Waals surface area (Å²) in [6.45, 7) is 3.63. The lowest BCUT2D eigenvalue weighted by Gasteiger charge is -2.24. The number of likely N-dealkylation sites (tertiary alicyclic amines) is 1. The molecule has 0 radical (unpaired) electrons. The van der Waals surface area contributed by atoms with Crippen molar-refractivity contribution < 1.29 is 19.1 Å². The zero-order chi connectivity index (χ0) is 28.6. The fraction of sp³-hybridized carbons (Fsp3) is 0.312. The molecule has 3 N–H and O–H groups in total. The second kappa shape index (κ2) is 13.2. The van der Waals surface area contributed by atoms with Crippen LogP contribution in [0.2, 0.25) is 0 Å². The van der Waals surface area contributed by atoms with Crippen LogP contribution in [0.3, 0.4) is 0 Å². The highest BCUT2D eigenvalue weighted by atomic mass is 16.5. The summed E-state index contributed by atoms with van der Waals surface area (Å²) in [7, 11) is 0. The smallest absolute Gasteiger partial charge is 0.260 e. The van der Waals surface area contributed by atoms with Crippen molar-refractivity contribution in [2.75, 3.05) is 30.3 Å². The molecule has 2 saturated heterocycles. The molecular weight excluding hydrogens is 518 g/mol. The van der Waals surface area contributed by atoms with Crippen molar-refractivity contribution in [3.63, 3.8) is 0 Å². The van der Waals surface area contributed by atoms with E-state index in [4.69, 9.17) is 4.74 Å². The SMILES string of the molecule is CCOc1ncccc1C(=O)N1CCC[C@H]1C(=O)Nc1ccc(/C=C/c2ccc(NC(=O)[C@@H]3CCCN3)cc2)cc1. The van der Waals surface area contributed by atoms with E-state index in [9.17, 15) is 14.4 Å². The second-order valence-electron chi connectivity index (χ2n) is 10.2. The number of carbonyl (C=O) groups is 3. The standard InChI is InChI=1S/C32H35N5O4/c1-2-41-31-26(6-3-20-34-31)32(40)37-21-5-8-28(37)30(39)36-25-17-13-23(14-18-25)10-9-22-11-15-24(16-12-22)35-29(38)27-7-4-19-33-27/h3,6,9-18,20,27-28,33H,2,4-5,7-8,19,21H2,1H3,(H,35,38)(H,36,39)/b10-9+/t27-,28-/m0/s1. The zero-order valence-electron chi connectivity index (χ0n) is 23.1. The minimum Gasteiger partial charge on any atom is -0.477 e. The molecule has 1 aromatic heterocycles. The van der Waals surface area contributed by atoms with Crippen molar-refractivity contribution in [2.45, 2.75) is 44.7 Å². The topological polar surface area (TPSA) is 113 Å². The van der Waals surface area contributed by atoms with Gasteiger partial charge in [0.05, 0.1) is 12.6 Å². The van der Waals surface area contributed by atoms with Crippen molar-refractivity contribution in [3.05, 3.63) is 83.6 Å². The summed E-state index contributed by atoms with van der Waals surface area (Å²) in [6, 6.07) is 18.0. The second-order valence-corrected chi connectivity index (χ2v) is 10.2. The van der Waals surface area contributed by atoms with E-state index < -0.39 is 6.04 Å². The Morgan fingerprint density at radius 1 is 0.927 bits per heavy atom. The van der Waals surface area contributed by atoms with Gasteiger partial charge >= 0.3 is 0 Å². The number of anilines is 2. The third kappa shape index (κ3) is 6.99. The molecule has 9 heteroatoms. The monoisotopic (exact) mass is 553 g/mol. The van der Waals surface area contributed by atoms with Crippen LogP contribution in [0.4, 0.5) is 11.4 Å². The molecule has 0 aliphatic carbocycles. The van der Waals surface area contributed by atoms with Gasteiger partial charge in [-0.05, 0) is 86.7 Å². The molecule has 0 spiro atoms. The normalized spacial score (nSPS) is 18.4. The highest BCUT2D eigenvalue weighted by Crippen LogP contribution is 2.25.